The number of aromatic amines is 1. The summed E-state index contributed by atoms with van der Waals surface area (Å²) in [6.45, 7) is 1.95. The van der Waals surface area contributed by atoms with E-state index in [4.69, 9.17) is 0 Å². The van der Waals surface area contributed by atoms with Crippen LogP contribution in [0.3, 0.4) is 0 Å². The Morgan fingerprint density at radius 3 is 2.73 bits per heavy atom. The number of hydrogen-bond acceptors (Lipinski definition) is 3. The Kier molecular flexibility index (Phi) is 2.26. The summed E-state index contributed by atoms with van der Waals surface area (Å²) in [7, 11) is -3.03. The molecular weight excluding hydrogens is 212 g/mol. The van der Waals surface area contributed by atoms with Crippen molar-refractivity contribution >= 4 is 20.9 Å². The highest BCUT2D eigenvalue weighted by atomic mass is 32.2. The van der Waals surface area contributed by atoms with Gasteiger partial charge in [0, 0.05) is 6.26 Å². The van der Waals surface area contributed by atoms with Crippen molar-refractivity contribution in [2.24, 2.45) is 0 Å². The van der Waals surface area contributed by atoms with E-state index in [1.54, 1.807) is 0 Å². The SMILES string of the molecule is Cc1cccc2[nH]c(CS(C)(=O)=O)nc12. The third-order valence-electron chi connectivity index (χ3n) is 2.16. The van der Waals surface area contributed by atoms with Crippen LogP contribution in [-0.2, 0) is 15.6 Å². The molecular formula is C10H12N2O2S. The molecule has 0 fully saturated rings. The van der Waals surface area contributed by atoms with E-state index in [1.807, 2.05) is 25.1 Å². The highest BCUT2D eigenvalue weighted by molar-refractivity contribution is 7.89. The molecule has 0 saturated carbocycles. The van der Waals surface area contributed by atoms with Crippen LogP contribution in [-0.4, -0.2) is 24.6 Å². The quantitative estimate of drug-likeness (QED) is 0.839. The van der Waals surface area contributed by atoms with Gasteiger partial charge in [0.25, 0.3) is 0 Å². The number of fused-ring (bicyclic) bond motifs is 1. The Labute approximate surface area is 88.3 Å². The third-order valence-corrected chi connectivity index (χ3v) is 2.96. The first-order valence-corrected chi connectivity index (χ1v) is 6.64. The van der Waals surface area contributed by atoms with Crippen molar-refractivity contribution in [1.82, 2.24) is 9.97 Å². The van der Waals surface area contributed by atoms with Crippen molar-refractivity contribution in [3.05, 3.63) is 29.6 Å². The van der Waals surface area contributed by atoms with E-state index >= 15 is 0 Å². The first-order valence-electron chi connectivity index (χ1n) is 4.58. The van der Waals surface area contributed by atoms with Gasteiger partial charge in [-0.15, -0.1) is 0 Å². The monoisotopic (exact) mass is 224 g/mol. The second-order valence-corrected chi connectivity index (χ2v) is 5.86. The highest BCUT2D eigenvalue weighted by Crippen LogP contribution is 2.16. The lowest BCUT2D eigenvalue weighted by molar-refractivity contribution is 0.600. The highest BCUT2D eigenvalue weighted by Gasteiger charge is 2.09. The van der Waals surface area contributed by atoms with Crippen molar-refractivity contribution in [3.8, 4) is 0 Å². The zero-order valence-corrected chi connectivity index (χ0v) is 9.43. The summed E-state index contributed by atoms with van der Waals surface area (Å²) < 4.78 is 22.2. The molecule has 0 atom stereocenters. The van der Waals surface area contributed by atoms with Crippen molar-refractivity contribution in [2.75, 3.05) is 6.26 Å². The number of imidazole rings is 1. The maximum Gasteiger partial charge on any atom is 0.154 e. The number of sulfone groups is 1. The van der Waals surface area contributed by atoms with Gasteiger partial charge in [-0.3, -0.25) is 0 Å². The third kappa shape index (κ3) is 2.18. The molecule has 1 heterocycles. The minimum absolute atomic E-state index is 0.0406. The lowest BCUT2D eigenvalue weighted by Gasteiger charge is -1.91. The Hall–Kier alpha value is -1.36. The lowest BCUT2D eigenvalue weighted by Crippen LogP contribution is -2.01. The molecule has 80 valence electrons. The maximum absolute atomic E-state index is 11.1. The number of benzene rings is 1. The van der Waals surface area contributed by atoms with E-state index in [1.165, 1.54) is 6.26 Å². The van der Waals surface area contributed by atoms with Crippen LogP contribution in [0.25, 0.3) is 11.0 Å². The van der Waals surface area contributed by atoms with Crippen LogP contribution in [0.2, 0.25) is 0 Å². The molecule has 0 spiro atoms. The van der Waals surface area contributed by atoms with E-state index in [9.17, 15) is 8.42 Å². The van der Waals surface area contributed by atoms with Gasteiger partial charge >= 0.3 is 0 Å². The molecule has 0 amide bonds. The average molecular weight is 224 g/mol. The van der Waals surface area contributed by atoms with Gasteiger partial charge < -0.3 is 4.98 Å². The summed E-state index contributed by atoms with van der Waals surface area (Å²) in [6, 6.07) is 5.76. The lowest BCUT2D eigenvalue weighted by atomic mass is 10.2. The van der Waals surface area contributed by atoms with Gasteiger partial charge in [0.2, 0.25) is 0 Å². The molecule has 0 aliphatic carbocycles. The molecule has 0 aliphatic rings. The van der Waals surface area contributed by atoms with Crippen LogP contribution in [0.15, 0.2) is 18.2 Å². The number of nitrogens with one attached hydrogen (secondary N) is 1. The number of hydrogen-bond donors (Lipinski definition) is 1. The van der Waals surface area contributed by atoms with Gasteiger partial charge in [0.15, 0.2) is 9.84 Å². The normalized spacial score (nSPS) is 12.1. The summed E-state index contributed by atoms with van der Waals surface area (Å²) in [5, 5.41) is 0. The standard InChI is InChI=1S/C10H12N2O2S/c1-7-4-3-5-8-10(7)12-9(11-8)6-15(2,13)14/h3-5H,6H2,1-2H3,(H,11,12). The smallest absolute Gasteiger partial charge is 0.154 e. The molecule has 0 aliphatic heterocycles. The largest absolute Gasteiger partial charge is 0.341 e. The number of rotatable bonds is 2. The molecule has 4 nitrogen and oxygen atoms in total. The predicted molar refractivity (Wildman–Crippen MR) is 59.4 cm³/mol. The number of aromatic nitrogens is 2. The van der Waals surface area contributed by atoms with Gasteiger partial charge in [-0.05, 0) is 18.6 Å². The van der Waals surface area contributed by atoms with Crippen LogP contribution in [0, 0.1) is 6.92 Å². The summed E-state index contributed by atoms with van der Waals surface area (Å²) in [5.41, 5.74) is 2.77. The zero-order chi connectivity index (χ0) is 11.1. The molecule has 0 radical (unpaired) electrons. The molecule has 0 bridgehead atoms. The van der Waals surface area contributed by atoms with Crippen LogP contribution >= 0.6 is 0 Å². The van der Waals surface area contributed by atoms with Gasteiger partial charge in [0.1, 0.15) is 11.6 Å². The zero-order valence-electron chi connectivity index (χ0n) is 8.61. The first-order chi connectivity index (χ1) is 6.96. The van der Waals surface area contributed by atoms with Crippen LogP contribution in [0.5, 0.6) is 0 Å². The van der Waals surface area contributed by atoms with Gasteiger partial charge in [-0.2, -0.15) is 0 Å². The van der Waals surface area contributed by atoms with Crippen molar-refractivity contribution < 1.29 is 8.42 Å². The van der Waals surface area contributed by atoms with Crippen LogP contribution in [0.1, 0.15) is 11.4 Å². The Morgan fingerprint density at radius 1 is 1.40 bits per heavy atom. The molecule has 0 unspecified atom stereocenters. The number of para-hydroxylation sites is 1. The minimum Gasteiger partial charge on any atom is -0.341 e. The fourth-order valence-electron chi connectivity index (χ4n) is 1.54. The first kappa shape index (κ1) is 10.2. The van der Waals surface area contributed by atoms with E-state index in [2.05, 4.69) is 9.97 Å². The van der Waals surface area contributed by atoms with Crippen molar-refractivity contribution in [3.63, 3.8) is 0 Å². The Morgan fingerprint density at radius 2 is 2.13 bits per heavy atom. The fourth-order valence-corrected chi connectivity index (χ4v) is 2.18. The van der Waals surface area contributed by atoms with Crippen molar-refractivity contribution in [1.29, 1.82) is 0 Å². The van der Waals surface area contributed by atoms with E-state index in [-0.39, 0.29) is 5.75 Å². The molecule has 1 N–H and O–H groups in total. The molecule has 2 rings (SSSR count). The molecule has 15 heavy (non-hydrogen) atoms. The van der Waals surface area contributed by atoms with Gasteiger partial charge in [-0.1, -0.05) is 12.1 Å². The molecule has 1 aromatic heterocycles. The fraction of sp³-hybridized carbons (Fsp3) is 0.300. The summed E-state index contributed by atoms with van der Waals surface area (Å²) >= 11 is 0. The Bertz CT molecular complexity index is 599. The second-order valence-electron chi connectivity index (χ2n) is 3.72. The number of aryl methyl sites for hydroxylation is 1. The van der Waals surface area contributed by atoms with Crippen LogP contribution in [0.4, 0.5) is 0 Å². The summed E-state index contributed by atoms with van der Waals surface area (Å²) in [6.07, 6.45) is 1.20. The molecule has 2 aromatic rings. The second kappa shape index (κ2) is 3.34. The maximum atomic E-state index is 11.1. The molecule has 0 saturated heterocycles. The number of H-pyrrole nitrogens is 1. The van der Waals surface area contributed by atoms with E-state index < -0.39 is 9.84 Å². The van der Waals surface area contributed by atoms with E-state index in [0.29, 0.717) is 5.82 Å². The van der Waals surface area contributed by atoms with Crippen LogP contribution < -0.4 is 0 Å². The molecule has 1 aromatic carbocycles. The average Bonchev–Trinajstić information content (AvgIpc) is 2.45. The Balaban J connectivity index is 2.53. The molecule has 5 heteroatoms. The van der Waals surface area contributed by atoms with Gasteiger partial charge in [0.05, 0.1) is 11.0 Å². The van der Waals surface area contributed by atoms with Gasteiger partial charge in [-0.25, -0.2) is 13.4 Å². The number of nitrogens with zero attached hydrogens (tertiary/aromatic N) is 1. The summed E-state index contributed by atoms with van der Waals surface area (Å²) in [4.78, 5) is 7.27. The summed E-state index contributed by atoms with van der Waals surface area (Å²) in [5.74, 6) is 0.461. The topological polar surface area (TPSA) is 62.8 Å². The van der Waals surface area contributed by atoms with E-state index in [0.717, 1.165) is 16.6 Å². The van der Waals surface area contributed by atoms with Crippen molar-refractivity contribution in [2.45, 2.75) is 12.7 Å². The minimum atomic E-state index is -3.03. The predicted octanol–water partition coefficient (Wildman–Crippen LogP) is 1.42.